The molecule has 62 valence electrons. The van der Waals surface area contributed by atoms with E-state index in [1.807, 2.05) is 0 Å². The first kappa shape index (κ1) is 12.3. The highest BCUT2D eigenvalue weighted by molar-refractivity contribution is 5.72. The fourth-order valence-electron chi connectivity index (χ4n) is 0.258. The second-order valence-electron chi connectivity index (χ2n) is 2.81. The van der Waals surface area contributed by atoms with Crippen LogP contribution in [0.1, 0.15) is 34.1 Å². The fourth-order valence-corrected chi connectivity index (χ4v) is 0.258. The molecule has 10 heavy (non-hydrogen) atoms. The molecular weight excluding hydrogens is 128 g/mol. The summed E-state index contributed by atoms with van der Waals surface area (Å²) in [4.78, 5) is 9.44. The minimum atomic E-state index is 0.167. The van der Waals surface area contributed by atoms with Crippen LogP contribution in [0.5, 0.6) is 0 Å². The van der Waals surface area contributed by atoms with Gasteiger partial charge in [0, 0.05) is 6.61 Å². The maximum atomic E-state index is 9.44. The van der Waals surface area contributed by atoms with Crippen molar-refractivity contribution in [1.29, 1.82) is 0 Å². The Balaban J connectivity index is 0. The first-order valence-corrected chi connectivity index (χ1v) is 3.58. The van der Waals surface area contributed by atoms with Crippen LogP contribution in [0.15, 0.2) is 0 Å². The van der Waals surface area contributed by atoms with Gasteiger partial charge in [-0.15, -0.1) is 0 Å². The summed E-state index contributed by atoms with van der Waals surface area (Å²) in [6.45, 7) is 7.57. The molecule has 0 aromatic heterocycles. The van der Waals surface area contributed by atoms with E-state index in [2.05, 4.69) is 13.8 Å². The van der Waals surface area contributed by atoms with Crippen LogP contribution in [0.2, 0.25) is 0 Å². The molecule has 0 saturated carbocycles. The van der Waals surface area contributed by atoms with E-state index < -0.39 is 0 Å². The van der Waals surface area contributed by atoms with Gasteiger partial charge in [0.05, 0.1) is 0 Å². The van der Waals surface area contributed by atoms with Gasteiger partial charge < -0.3 is 9.90 Å². The summed E-state index contributed by atoms with van der Waals surface area (Å²) in [5.74, 6) is 0.815. The van der Waals surface area contributed by atoms with Crippen molar-refractivity contribution in [2.24, 2.45) is 5.92 Å². The van der Waals surface area contributed by atoms with E-state index in [9.17, 15) is 4.79 Å². The lowest BCUT2D eigenvalue weighted by Crippen LogP contribution is -1.89. The molecule has 0 amide bonds. The number of hydrogen-bond donors (Lipinski definition) is 1. The molecule has 0 aromatic carbocycles. The SMILES string of the molecule is CC(C)=O.CC(C)CCO. The van der Waals surface area contributed by atoms with Crippen LogP contribution in [-0.4, -0.2) is 17.5 Å². The topological polar surface area (TPSA) is 37.3 Å². The second-order valence-corrected chi connectivity index (χ2v) is 2.81. The van der Waals surface area contributed by atoms with Crippen molar-refractivity contribution in [3.8, 4) is 0 Å². The summed E-state index contributed by atoms with van der Waals surface area (Å²) in [7, 11) is 0. The third-order valence-electron chi connectivity index (χ3n) is 0.706. The summed E-state index contributed by atoms with van der Waals surface area (Å²) in [5.41, 5.74) is 0. The van der Waals surface area contributed by atoms with Crippen molar-refractivity contribution < 1.29 is 9.90 Å². The van der Waals surface area contributed by atoms with E-state index in [0.29, 0.717) is 12.5 Å². The molecule has 0 unspecified atom stereocenters. The predicted octanol–water partition coefficient (Wildman–Crippen LogP) is 1.62. The zero-order chi connectivity index (χ0) is 8.57. The van der Waals surface area contributed by atoms with Crippen LogP contribution in [0.4, 0.5) is 0 Å². The van der Waals surface area contributed by atoms with Gasteiger partial charge in [-0.1, -0.05) is 13.8 Å². The largest absolute Gasteiger partial charge is 0.396 e. The van der Waals surface area contributed by atoms with E-state index in [0.717, 1.165) is 6.42 Å². The standard InChI is InChI=1S/C5H12O.C3H6O/c1-5(2)3-4-6;1-3(2)4/h5-6H,3-4H2,1-2H3;1-2H3. The van der Waals surface area contributed by atoms with Crippen molar-refractivity contribution in [2.45, 2.75) is 34.1 Å². The van der Waals surface area contributed by atoms with Crippen molar-refractivity contribution in [1.82, 2.24) is 0 Å². The number of carbonyl (C=O) groups excluding carboxylic acids is 1. The maximum Gasteiger partial charge on any atom is 0.126 e. The van der Waals surface area contributed by atoms with E-state index in [-0.39, 0.29) is 5.78 Å². The Labute approximate surface area is 63.3 Å². The number of carbonyl (C=O) groups is 1. The van der Waals surface area contributed by atoms with Crippen LogP contribution in [0, 0.1) is 5.92 Å². The summed E-state index contributed by atoms with van der Waals surface area (Å²) in [6.07, 6.45) is 0.931. The van der Waals surface area contributed by atoms with E-state index >= 15 is 0 Å². The molecule has 0 fully saturated rings. The molecule has 2 nitrogen and oxygen atoms in total. The van der Waals surface area contributed by atoms with E-state index in [1.54, 1.807) is 0 Å². The first-order chi connectivity index (χ1) is 4.50. The van der Waals surface area contributed by atoms with Gasteiger partial charge >= 0.3 is 0 Å². The first-order valence-electron chi connectivity index (χ1n) is 3.58. The molecule has 0 rings (SSSR count). The second kappa shape index (κ2) is 8.63. The lowest BCUT2D eigenvalue weighted by Gasteiger charge is -1.95. The number of aliphatic hydroxyl groups is 1. The molecule has 0 aliphatic heterocycles. The van der Waals surface area contributed by atoms with Gasteiger partial charge in [-0.05, 0) is 26.2 Å². The molecule has 0 aromatic rings. The van der Waals surface area contributed by atoms with Gasteiger partial charge in [0.25, 0.3) is 0 Å². The zero-order valence-corrected chi connectivity index (χ0v) is 7.35. The van der Waals surface area contributed by atoms with Crippen molar-refractivity contribution >= 4 is 5.78 Å². The van der Waals surface area contributed by atoms with Gasteiger partial charge in [0.15, 0.2) is 0 Å². The number of aliphatic hydroxyl groups excluding tert-OH is 1. The molecule has 0 atom stereocenters. The lowest BCUT2D eigenvalue weighted by molar-refractivity contribution is -0.114. The number of ketones is 1. The Morgan fingerprint density at radius 2 is 1.70 bits per heavy atom. The molecule has 0 saturated heterocycles. The highest BCUT2D eigenvalue weighted by Crippen LogP contribution is 1.94. The van der Waals surface area contributed by atoms with Gasteiger partial charge in [-0.25, -0.2) is 0 Å². The Kier molecular flexibility index (Phi) is 10.6. The smallest absolute Gasteiger partial charge is 0.126 e. The monoisotopic (exact) mass is 146 g/mol. The van der Waals surface area contributed by atoms with Crippen LogP contribution < -0.4 is 0 Å². The molecule has 1 N–H and O–H groups in total. The average Bonchev–Trinajstić information content (AvgIpc) is 1.62. The Morgan fingerprint density at radius 1 is 1.40 bits per heavy atom. The molecule has 0 spiro atoms. The van der Waals surface area contributed by atoms with Gasteiger partial charge in [-0.2, -0.15) is 0 Å². The molecule has 0 aliphatic carbocycles. The highest BCUT2D eigenvalue weighted by atomic mass is 16.3. The predicted molar refractivity (Wildman–Crippen MR) is 42.9 cm³/mol. The molecule has 0 bridgehead atoms. The van der Waals surface area contributed by atoms with Crippen molar-refractivity contribution in [3.05, 3.63) is 0 Å². The third kappa shape index (κ3) is 48.5. The lowest BCUT2D eigenvalue weighted by atomic mass is 10.2. The van der Waals surface area contributed by atoms with Gasteiger partial charge in [0.2, 0.25) is 0 Å². The van der Waals surface area contributed by atoms with E-state index in [1.165, 1.54) is 13.8 Å². The van der Waals surface area contributed by atoms with Crippen LogP contribution in [-0.2, 0) is 4.79 Å². The fraction of sp³-hybridized carbons (Fsp3) is 0.875. The summed E-state index contributed by atoms with van der Waals surface area (Å²) < 4.78 is 0. The minimum Gasteiger partial charge on any atom is -0.396 e. The van der Waals surface area contributed by atoms with Crippen LogP contribution in [0.3, 0.4) is 0 Å². The molecule has 0 radical (unpaired) electrons. The average molecular weight is 146 g/mol. The molecule has 0 aliphatic rings. The van der Waals surface area contributed by atoms with Gasteiger partial charge in [-0.3, -0.25) is 0 Å². The highest BCUT2D eigenvalue weighted by Gasteiger charge is 1.86. The molecular formula is C8H18O2. The number of hydrogen-bond acceptors (Lipinski definition) is 2. The number of rotatable bonds is 2. The summed E-state index contributed by atoms with van der Waals surface area (Å²) in [5, 5.41) is 8.24. The zero-order valence-electron chi connectivity index (χ0n) is 7.35. The van der Waals surface area contributed by atoms with Crippen LogP contribution >= 0.6 is 0 Å². The Morgan fingerprint density at radius 3 is 1.70 bits per heavy atom. The minimum absolute atomic E-state index is 0.167. The third-order valence-corrected chi connectivity index (χ3v) is 0.706. The Hall–Kier alpha value is -0.370. The molecule has 2 heteroatoms. The van der Waals surface area contributed by atoms with Gasteiger partial charge in [0.1, 0.15) is 5.78 Å². The van der Waals surface area contributed by atoms with Crippen molar-refractivity contribution in [3.63, 3.8) is 0 Å². The van der Waals surface area contributed by atoms with Crippen molar-refractivity contribution in [2.75, 3.05) is 6.61 Å². The summed E-state index contributed by atoms with van der Waals surface area (Å²) >= 11 is 0. The number of Topliss-reactive ketones (excluding diaryl/α,β-unsaturated/α-hetero) is 1. The van der Waals surface area contributed by atoms with E-state index in [4.69, 9.17) is 5.11 Å². The Bertz CT molecular complexity index is 73.3. The van der Waals surface area contributed by atoms with Crippen LogP contribution in [0.25, 0.3) is 0 Å². The quantitative estimate of drug-likeness (QED) is 0.642. The maximum absolute atomic E-state index is 9.44. The molecule has 0 heterocycles. The summed E-state index contributed by atoms with van der Waals surface area (Å²) in [6, 6.07) is 0. The normalized spacial score (nSPS) is 8.60.